The summed E-state index contributed by atoms with van der Waals surface area (Å²) in [5.41, 5.74) is 3.85. The Hall–Kier alpha value is -1.91. The van der Waals surface area contributed by atoms with Crippen molar-refractivity contribution >= 4 is 28.6 Å². The molecule has 4 heteroatoms. The number of aryl methyl sites for hydroxylation is 2. The number of hydrogen-bond acceptors (Lipinski definition) is 3. The van der Waals surface area contributed by atoms with Gasteiger partial charge in [-0.25, -0.2) is 4.79 Å². The Morgan fingerprint density at radius 3 is 2.36 bits per heavy atom. The van der Waals surface area contributed by atoms with Crippen molar-refractivity contribution in [1.29, 1.82) is 0 Å². The number of hydrogen-bond donors (Lipinski definition) is 1. The van der Waals surface area contributed by atoms with Gasteiger partial charge in [-0.15, -0.1) is 22.7 Å². The topological polar surface area (TPSA) is 37.3 Å². The average molecular weight is 328 g/mol. The van der Waals surface area contributed by atoms with Gasteiger partial charge in [-0.1, -0.05) is 30.7 Å². The van der Waals surface area contributed by atoms with E-state index in [1.165, 1.54) is 32.9 Å². The molecule has 3 rings (SSSR count). The van der Waals surface area contributed by atoms with E-state index in [0.717, 1.165) is 16.2 Å². The Morgan fingerprint density at radius 1 is 1.00 bits per heavy atom. The van der Waals surface area contributed by atoms with Crippen molar-refractivity contribution in [2.45, 2.75) is 20.3 Å². The Labute approximate surface area is 137 Å². The normalized spacial score (nSPS) is 10.8. The van der Waals surface area contributed by atoms with E-state index in [2.05, 4.69) is 44.2 Å². The predicted octanol–water partition coefficient (Wildman–Crippen LogP) is 5.71. The lowest BCUT2D eigenvalue weighted by Gasteiger charge is -2.04. The summed E-state index contributed by atoms with van der Waals surface area (Å²) in [5, 5.41) is 9.03. The van der Waals surface area contributed by atoms with Gasteiger partial charge in [0, 0.05) is 14.6 Å². The lowest BCUT2D eigenvalue weighted by molar-refractivity contribution is 0.0702. The lowest BCUT2D eigenvalue weighted by Crippen LogP contribution is -1.89. The van der Waals surface area contributed by atoms with Crippen LogP contribution in [0.25, 0.3) is 20.2 Å². The largest absolute Gasteiger partial charge is 0.477 e. The summed E-state index contributed by atoms with van der Waals surface area (Å²) in [6.45, 7) is 4.28. The fourth-order valence-electron chi connectivity index (χ4n) is 2.42. The van der Waals surface area contributed by atoms with Gasteiger partial charge in [0.25, 0.3) is 0 Å². The summed E-state index contributed by atoms with van der Waals surface area (Å²) in [6, 6.07) is 14.4. The van der Waals surface area contributed by atoms with Gasteiger partial charge in [0.2, 0.25) is 0 Å². The zero-order valence-corrected chi connectivity index (χ0v) is 14.1. The van der Waals surface area contributed by atoms with Crippen LogP contribution in [0.4, 0.5) is 0 Å². The zero-order chi connectivity index (χ0) is 15.7. The van der Waals surface area contributed by atoms with Crippen LogP contribution < -0.4 is 0 Å². The molecule has 3 aromatic rings. The summed E-state index contributed by atoms with van der Waals surface area (Å²) < 4.78 is 0. The van der Waals surface area contributed by atoms with E-state index in [4.69, 9.17) is 5.11 Å². The van der Waals surface area contributed by atoms with E-state index in [1.54, 1.807) is 17.4 Å². The maximum Gasteiger partial charge on any atom is 0.345 e. The van der Waals surface area contributed by atoms with Crippen molar-refractivity contribution in [2.75, 3.05) is 0 Å². The van der Waals surface area contributed by atoms with E-state index >= 15 is 0 Å². The molecule has 2 aromatic heterocycles. The molecule has 0 saturated heterocycles. The Morgan fingerprint density at radius 2 is 1.68 bits per heavy atom. The minimum atomic E-state index is -0.862. The third kappa shape index (κ3) is 2.98. The van der Waals surface area contributed by atoms with Crippen LogP contribution in [0, 0.1) is 6.92 Å². The fourth-order valence-corrected chi connectivity index (χ4v) is 4.35. The number of thiophene rings is 2. The monoisotopic (exact) mass is 328 g/mol. The van der Waals surface area contributed by atoms with E-state index in [9.17, 15) is 4.79 Å². The minimum Gasteiger partial charge on any atom is -0.477 e. The van der Waals surface area contributed by atoms with Crippen LogP contribution >= 0.6 is 22.7 Å². The van der Waals surface area contributed by atoms with Crippen LogP contribution in [0.2, 0.25) is 0 Å². The van der Waals surface area contributed by atoms with E-state index < -0.39 is 5.97 Å². The van der Waals surface area contributed by atoms with Crippen LogP contribution in [-0.4, -0.2) is 11.1 Å². The van der Waals surface area contributed by atoms with Crippen LogP contribution in [0.3, 0.4) is 0 Å². The van der Waals surface area contributed by atoms with Gasteiger partial charge in [-0.2, -0.15) is 0 Å². The molecule has 1 N–H and O–H groups in total. The summed E-state index contributed by atoms with van der Waals surface area (Å²) in [7, 11) is 0. The van der Waals surface area contributed by atoms with Crippen molar-refractivity contribution in [3.8, 4) is 20.2 Å². The molecule has 0 saturated carbocycles. The zero-order valence-electron chi connectivity index (χ0n) is 12.4. The summed E-state index contributed by atoms with van der Waals surface area (Å²) in [5.74, 6) is -0.862. The SMILES string of the molecule is CCc1cc(C)cc(-c2ccc(-c3ccc(C(=O)O)s3)s2)c1. The summed E-state index contributed by atoms with van der Waals surface area (Å²) >= 11 is 3.03. The molecule has 0 bridgehead atoms. The number of carboxylic acids is 1. The van der Waals surface area contributed by atoms with Gasteiger partial charge >= 0.3 is 5.97 Å². The van der Waals surface area contributed by atoms with Gasteiger partial charge in [-0.3, -0.25) is 0 Å². The van der Waals surface area contributed by atoms with Gasteiger partial charge in [0.05, 0.1) is 0 Å². The minimum absolute atomic E-state index is 0.383. The molecule has 0 aliphatic heterocycles. The first-order valence-corrected chi connectivity index (χ1v) is 8.74. The second-order valence-electron chi connectivity index (χ2n) is 5.19. The van der Waals surface area contributed by atoms with Gasteiger partial charge in [-0.05, 0) is 48.7 Å². The number of benzene rings is 1. The molecule has 0 unspecified atom stereocenters. The highest BCUT2D eigenvalue weighted by Crippen LogP contribution is 2.38. The molecule has 0 radical (unpaired) electrons. The van der Waals surface area contributed by atoms with E-state index in [1.807, 2.05) is 6.07 Å². The molecule has 1 aromatic carbocycles. The maximum atomic E-state index is 11.0. The molecule has 0 atom stereocenters. The number of rotatable bonds is 4. The molecule has 0 spiro atoms. The molecule has 2 nitrogen and oxygen atoms in total. The fraction of sp³-hybridized carbons (Fsp3) is 0.167. The first-order chi connectivity index (χ1) is 10.6. The molecular weight excluding hydrogens is 312 g/mol. The van der Waals surface area contributed by atoms with Crippen LogP contribution in [0.5, 0.6) is 0 Å². The summed E-state index contributed by atoms with van der Waals surface area (Å²) in [4.78, 5) is 14.7. The highest BCUT2D eigenvalue weighted by atomic mass is 32.1. The Bertz CT molecular complexity index is 827. The van der Waals surface area contributed by atoms with Crippen molar-refractivity contribution in [1.82, 2.24) is 0 Å². The highest BCUT2D eigenvalue weighted by Gasteiger charge is 2.11. The molecule has 112 valence electrons. The standard InChI is InChI=1S/C18H16O2S2/c1-3-12-8-11(2)9-13(10-12)14-4-5-15(21-14)16-6-7-17(22-16)18(19)20/h4-10H,3H2,1-2H3,(H,19,20). The van der Waals surface area contributed by atoms with Crippen LogP contribution in [-0.2, 0) is 6.42 Å². The van der Waals surface area contributed by atoms with Crippen molar-refractivity contribution in [3.05, 3.63) is 58.5 Å². The van der Waals surface area contributed by atoms with Crippen molar-refractivity contribution < 1.29 is 9.90 Å². The van der Waals surface area contributed by atoms with E-state index in [-0.39, 0.29) is 0 Å². The quantitative estimate of drug-likeness (QED) is 0.666. The molecule has 0 aliphatic rings. The van der Waals surface area contributed by atoms with Crippen molar-refractivity contribution in [3.63, 3.8) is 0 Å². The second kappa shape index (κ2) is 6.07. The van der Waals surface area contributed by atoms with Gasteiger partial charge < -0.3 is 5.11 Å². The number of carboxylic acid groups (broad SMARTS) is 1. The molecule has 22 heavy (non-hydrogen) atoms. The number of carbonyl (C=O) groups is 1. The lowest BCUT2D eigenvalue weighted by atomic mass is 10.0. The van der Waals surface area contributed by atoms with E-state index in [0.29, 0.717) is 4.88 Å². The van der Waals surface area contributed by atoms with Crippen LogP contribution in [0.1, 0.15) is 27.7 Å². The second-order valence-corrected chi connectivity index (χ2v) is 7.36. The molecule has 0 aliphatic carbocycles. The summed E-state index contributed by atoms with van der Waals surface area (Å²) in [6.07, 6.45) is 1.03. The molecule has 0 fully saturated rings. The van der Waals surface area contributed by atoms with Gasteiger partial charge in [0.15, 0.2) is 0 Å². The smallest absolute Gasteiger partial charge is 0.345 e. The highest BCUT2D eigenvalue weighted by molar-refractivity contribution is 7.24. The third-order valence-electron chi connectivity index (χ3n) is 3.50. The Balaban J connectivity index is 1.96. The maximum absolute atomic E-state index is 11.0. The first-order valence-electron chi connectivity index (χ1n) is 7.11. The van der Waals surface area contributed by atoms with Gasteiger partial charge in [0.1, 0.15) is 4.88 Å². The molecule has 2 heterocycles. The average Bonchev–Trinajstić information content (AvgIpc) is 3.15. The van der Waals surface area contributed by atoms with Crippen molar-refractivity contribution in [2.24, 2.45) is 0 Å². The van der Waals surface area contributed by atoms with Crippen LogP contribution in [0.15, 0.2) is 42.5 Å². The first kappa shape index (κ1) is 15.0. The molecular formula is C18H16O2S2. The number of aromatic carboxylic acids is 1. The molecule has 0 amide bonds. The third-order valence-corrected chi connectivity index (χ3v) is 5.90. The predicted molar refractivity (Wildman–Crippen MR) is 94.1 cm³/mol. The Kier molecular flexibility index (Phi) is 4.14.